The number of alkyl halides is 6. The smallest absolute Gasteiger partial charge is 0.416 e. The maximum Gasteiger partial charge on any atom is 0.416 e. The number of rotatable bonds is 6. The molecule has 1 aliphatic carbocycles. The van der Waals surface area contributed by atoms with Gasteiger partial charge in [0, 0.05) is 11.3 Å². The van der Waals surface area contributed by atoms with Gasteiger partial charge in [0.2, 0.25) is 10.0 Å². The van der Waals surface area contributed by atoms with Gasteiger partial charge in [-0.25, -0.2) is 13.1 Å². The van der Waals surface area contributed by atoms with Crippen LogP contribution >= 0.6 is 0 Å². The van der Waals surface area contributed by atoms with Crippen LogP contribution in [0.5, 0.6) is 0 Å². The van der Waals surface area contributed by atoms with Crippen molar-refractivity contribution in [2.75, 3.05) is 0 Å². The summed E-state index contributed by atoms with van der Waals surface area (Å²) in [5.74, 6) is -1.06. The van der Waals surface area contributed by atoms with Crippen molar-refractivity contribution in [1.29, 1.82) is 0 Å². The van der Waals surface area contributed by atoms with E-state index in [9.17, 15) is 39.6 Å². The molecule has 7 nitrogen and oxygen atoms in total. The second-order valence-corrected chi connectivity index (χ2v) is 8.94. The molecule has 3 rings (SSSR count). The average Bonchev–Trinajstić information content (AvgIpc) is 3.08. The minimum atomic E-state index is -5.19. The zero-order valence-corrected chi connectivity index (χ0v) is 17.0. The van der Waals surface area contributed by atoms with E-state index in [1.165, 1.54) is 10.9 Å². The topological polar surface area (TPSA) is 101 Å². The van der Waals surface area contributed by atoms with Gasteiger partial charge in [-0.3, -0.25) is 9.48 Å². The number of aryl methyl sites for hydroxylation is 1. The molecular weight excluding hydrogens is 468 g/mol. The van der Waals surface area contributed by atoms with Crippen molar-refractivity contribution in [1.82, 2.24) is 14.5 Å². The van der Waals surface area contributed by atoms with E-state index in [0.717, 1.165) is 0 Å². The van der Waals surface area contributed by atoms with Gasteiger partial charge in [-0.15, -0.1) is 0 Å². The largest absolute Gasteiger partial charge is 0.481 e. The SMILES string of the molecule is O=C(O)CCn1ncc2c1CCCC2NS(=O)(=O)c1cc(C(F)(F)F)cc(C(F)(F)F)c1. The molecule has 0 saturated carbocycles. The summed E-state index contributed by atoms with van der Waals surface area (Å²) >= 11 is 0. The standard InChI is InChI=1S/C18H17F6N3O4S/c19-17(20,21)10-6-11(18(22,23)24)8-12(7-10)32(30,31)26-14-2-1-3-15-13(14)9-25-27(15)5-4-16(28)29/h6-9,14,26H,1-5H2,(H,28,29). The fraction of sp³-hybridized carbons (Fsp3) is 0.444. The van der Waals surface area contributed by atoms with Gasteiger partial charge in [0.15, 0.2) is 0 Å². The summed E-state index contributed by atoms with van der Waals surface area (Å²) in [4.78, 5) is 9.61. The summed E-state index contributed by atoms with van der Waals surface area (Å²) < 4.78 is 108. The number of benzene rings is 1. The van der Waals surface area contributed by atoms with Gasteiger partial charge < -0.3 is 5.11 Å². The first-order chi connectivity index (χ1) is 14.7. The predicted octanol–water partition coefficient (Wildman–Crippen LogP) is 3.75. The van der Waals surface area contributed by atoms with Gasteiger partial charge in [-0.1, -0.05) is 0 Å². The number of carboxylic acids is 1. The van der Waals surface area contributed by atoms with Gasteiger partial charge in [0.25, 0.3) is 0 Å². The summed E-state index contributed by atoms with van der Waals surface area (Å²) in [5.41, 5.74) is -2.52. The van der Waals surface area contributed by atoms with Crippen LogP contribution in [0.4, 0.5) is 26.3 Å². The Balaban J connectivity index is 1.95. The Morgan fingerprint density at radius 1 is 1.12 bits per heavy atom. The van der Waals surface area contributed by atoms with E-state index in [1.54, 1.807) is 0 Å². The maximum absolute atomic E-state index is 13.1. The molecule has 0 saturated heterocycles. The quantitative estimate of drug-likeness (QED) is 0.607. The van der Waals surface area contributed by atoms with Crippen LogP contribution in [0, 0.1) is 0 Å². The van der Waals surface area contributed by atoms with Crippen LogP contribution in [0.3, 0.4) is 0 Å². The lowest BCUT2D eigenvalue weighted by Crippen LogP contribution is -2.31. The highest BCUT2D eigenvalue weighted by molar-refractivity contribution is 7.89. The first kappa shape index (κ1) is 24.0. The zero-order valence-electron chi connectivity index (χ0n) is 16.2. The molecule has 1 heterocycles. The van der Waals surface area contributed by atoms with Crippen molar-refractivity contribution in [2.45, 2.75) is 55.5 Å². The molecule has 1 aliphatic rings. The molecule has 1 aromatic carbocycles. The monoisotopic (exact) mass is 485 g/mol. The zero-order chi connectivity index (χ0) is 23.9. The van der Waals surface area contributed by atoms with Gasteiger partial charge in [-0.2, -0.15) is 31.4 Å². The molecule has 0 aliphatic heterocycles. The van der Waals surface area contributed by atoms with E-state index in [0.29, 0.717) is 24.1 Å². The second kappa shape index (κ2) is 8.39. The van der Waals surface area contributed by atoms with E-state index in [-0.39, 0.29) is 37.6 Å². The fourth-order valence-corrected chi connectivity index (χ4v) is 4.79. The Morgan fingerprint density at radius 3 is 2.25 bits per heavy atom. The molecule has 0 bridgehead atoms. The first-order valence-electron chi connectivity index (χ1n) is 9.26. The third-order valence-electron chi connectivity index (χ3n) is 4.97. The normalized spacial score (nSPS) is 17.2. The van der Waals surface area contributed by atoms with E-state index >= 15 is 0 Å². The lowest BCUT2D eigenvalue weighted by molar-refractivity contribution is -0.143. The number of nitrogens with one attached hydrogen (secondary N) is 1. The number of halogens is 6. The Kier molecular flexibility index (Phi) is 6.30. The van der Waals surface area contributed by atoms with Gasteiger partial charge >= 0.3 is 18.3 Å². The number of aromatic nitrogens is 2. The molecule has 0 amide bonds. The number of sulfonamides is 1. The predicted molar refractivity (Wildman–Crippen MR) is 96.9 cm³/mol. The van der Waals surface area contributed by atoms with E-state index < -0.39 is 50.4 Å². The Hall–Kier alpha value is -2.61. The molecule has 1 unspecified atom stereocenters. The van der Waals surface area contributed by atoms with Crippen molar-refractivity contribution in [3.63, 3.8) is 0 Å². The molecule has 1 atom stereocenters. The molecule has 14 heteroatoms. The van der Waals surface area contributed by atoms with Crippen molar-refractivity contribution in [3.05, 3.63) is 46.8 Å². The van der Waals surface area contributed by atoms with E-state index in [2.05, 4.69) is 9.82 Å². The number of hydrogen-bond acceptors (Lipinski definition) is 4. The second-order valence-electron chi connectivity index (χ2n) is 7.22. The number of aliphatic carboxylic acids is 1. The molecular formula is C18H17F6N3O4S. The van der Waals surface area contributed by atoms with Gasteiger partial charge in [0.1, 0.15) is 0 Å². The third-order valence-corrected chi connectivity index (χ3v) is 6.42. The first-order valence-corrected chi connectivity index (χ1v) is 10.7. The molecule has 0 radical (unpaired) electrons. The van der Waals surface area contributed by atoms with Crippen LogP contribution < -0.4 is 4.72 Å². The molecule has 176 valence electrons. The number of hydrogen-bond donors (Lipinski definition) is 2. The van der Waals surface area contributed by atoms with Crippen LogP contribution in [-0.4, -0.2) is 29.3 Å². The van der Waals surface area contributed by atoms with Crippen LogP contribution in [0.25, 0.3) is 0 Å². The fourth-order valence-electron chi connectivity index (χ4n) is 3.47. The Labute approximate surface area is 178 Å². The average molecular weight is 485 g/mol. The summed E-state index contributed by atoms with van der Waals surface area (Å²) in [6.07, 6.45) is -8.12. The minimum absolute atomic E-state index is 0.0344. The molecule has 0 fully saturated rings. The Bertz CT molecular complexity index is 1090. The van der Waals surface area contributed by atoms with Crippen molar-refractivity contribution in [2.24, 2.45) is 0 Å². The highest BCUT2D eigenvalue weighted by Gasteiger charge is 2.39. The number of nitrogens with zero attached hydrogens (tertiary/aromatic N) is 2. The molecule has 32 heavy (non-hydrogen) atoms. The van der Waals surface area contributed by atoms with E-state index in [1.807, 2.05) is 0 Å². The van der Waals surface area contributed by atoms with Crippen molar-refractivity contribution < 1.29 is 44.7 Å². The summed E-state index contributed by atoms with van der Waals surface area (Å²) in [6, 6.07) is -0.787. The molecule has 0 spiro atoms. The van der Waals surface area contributed by atoms with E-state index in [4.69, 9.17) is 5.11 Å². The Morgan fingerprint density at radius 2 is 1.72 bits per heavy atom. The molecule has 1 aromatic heterocycles. The lowest BCUT2D eigenvalue weighted by atomic mass is 9.94. The summed E-state index contributed by atoms with van der Waals surface area (Å²) in [6.45, 7) is 0.0344. The third kappa shape index (κ3) is 5.23. The van der Waals surface area contributed by atoms with Crippen LogP contribution in [-0.2, 0) is 40.1 Å². The van der Waals surface area contributed by atoms with Crippen LogP contribution in [0.1, 0.15) is 47.7 Å². The number of carbonyl (C=O) groups is 1. The molecule has 2 aromatic rings. The molecule has 2 N–H and O–H groups in total. The summed E-state index contributed by atoms with van der Waals surface area (Å²) in [5, 5.41) is 12.9. The highest BCUT2D eigenvalue weighted by atomic mass is 32.2. The minimum Gasteiger partial charge on any atom is -0.481 e. The van der Waals surface area contributed by atoms with Gasteiger partial charge in [0.05, 0.1) is 41.2 Å². The van der Waals surface area contributed by atoms with Crippen molar-refractivity contribution in [3.8, 4) is 0 Å². The number of fused-ring (bicyclic) bond motifs is 1. The van der Waals surface area contributed by atoms with Gasteiger partial charge in [-0.05, 0) is 37.5 Å². The van der Waals surface area contributed by atoms with Crippen LogP contribution in [0.2, 0.25) is 0 Å². The van der Waals surface area contributed by atoms with Crippen LogP contribution in [0.15, 0.2) is 29.3 Å². The lowest BCUT2D eigenvalue weighted by Gasteiger charge is -2.24. The highest BCUT2D eigenvalue weighted by Crippen LogP contribution is 2.38. The summed E-state index contributed by atoms with van der Waals surface area (Å²) in [7, 11) is -4.77. The number of carboxylic acid groups (broad SMARTS) is 1. The van der Waals surface area contributed by atoms with Crippen molar-refractivity contribution >= 4 is 16.0 Å². The maximum atomic E-state index is 13.1.